The molecule has 1 amide bonds. The molecule has 1 fully saturated rings. The van der Waals surface area contributed by atoms with Crippen molar-refractivity contribution in [3.05, 3.63) is 34.6 Å². The molecule has 0 aliphatic carbocycles. The molecule has 5 nitrogen and oxygen atoms in total. The zero-order valence-electron chi connectivity index (χ0n) is 9.84. The molecule has 0 spiro atoms. The van der Waals surface area contributed by atoms with Crippen LogP contribution in [-0.2, 0) is 21.4 Å². The molecule has 1 aliphatic heterocycles. The Morgan fingerprint density at radius 3 is 2.74 bits per heavy atom. The number of hydrogen-bond donors (Lipinski definition) is 1. The number of hydrogen-bond acceptors (Lipinski definition) is 3. The number of rotatable bonds is 3. The van der Waals surface area contributed by atoms with Crippen molar-refractivity contribution in [2.24, 2.45) is 5.14 Å². The number of primary sulfonamides is 1. The molecule has 0 radical (unpaired) electrons. The van der Waals surface area contributed by atoms with Crippen LogP contribution in [0.1, 0.15) is 12.0 Å². The van der Waals surface area contributed by atoms with Crippen LogP contribution in [0.2, 0.25) is 5.02 Å². The van der Waals surface area contributed by atoms with Gasteiger partial charge in [0.25, 0.3) is 0 Å². The van der Waals surface area contributed by atoms with E-state index in [9.17, 15) is 17.6 Å². The number of nitrogens with two attached hydrogens (primary N) is 1. The Labute approximate surface area is 115 Å². The summed E-state index contributed by atoms with van der Waals surface area (Å²) in [5, 5.41) is 4.05. The fourth-order valence-corrected chi connectivity index (χ4v) is 2.94. The molecular weight excluding hydrogens is 295 g/mol. The van der Waals surface area contributed by atoms with E-state index in [1.54, 1.807) is 6.07 Å². The van der Waals surface area contributed by atoms with Gasteiger partial charge in [0, 0.05) is 25.1 Å². The van der Waals surface area contributed by atoms with Gasteiger partial charge < -0.3 is 4.90 Å². The number of likely N-dealkylation sites (tertiary alicyclic amines) is 1. The highest BCUT2D eigenvalue weighted by molar-refractivity contribution is 7.89. The van der Waals surface area contributed by atoms with E-state index >= 15 is 0 Å². The lowest BCUT2D eigenvalue weighted by molar-refractivity contribution is -0.128. The molecule has 0 aromatic heterocycles. The predicted octanol–water partition coefficient (Wildman–Crippen LogP) is 0.869. The van der Waals surface area contributed by atoms with Crippen molar-refractivity contribution in [3.63, 3.8) is 0 Å². The van der Waals surface area contributed by atoms with Crippen LogP contribution >= 0.6 is 11.6 Å². The summed E-state index contributed by atoms with van der Waals surface area (Å²) in [6.07, 6.45) is -0.166. The second-order valence-corrected chi connectivity index (χ2v) is 6.65. The number of halogens is 2. The Morgan fingerprint density at radius 2 is 2.16 bits per heavy atom. The minimum atomic E-state index is -3.76. The first-order chi connectivity index (χ1) is 8.79. The van der Waals surface area contributed by atoms with Crippen LogP contribution in [0.15, 0.2) is 18.2 Å². The van der Waals surface area contributed by atoms with E-state index in [0.717, 1.165) is 0 Å². The predicted molar refractivity (Wildman–Crippen MR) is 68.3 cm³/mol. The lowest BCUT2D eigenvalue weighted by atomic mass is 10.2. The fraction of sp³-hybridized carbons (Fsp3) is 0.364. The maximum absolute atomic E-state index is 13.7. The average molecular weight is 307 g/mol. The highest BCUT2D eigenvalue weighted by Gasteiger charge is 2.36. The van der Waals surface area contributed by atoms with Crippen LogP contribution in [0.5, 0.6) is 0 Å². The Kier molecular flexibility index (Phi) is 3.80. The number of carbonyl (C=O) groups is 1. The summed E-state index contributed by atoms with van der Waals surface area (Å²) >= 11 is 5.64. The van der Waals surface area contributed by atoms with Crippen molar-refractivity contribution in [2.45, 2.75) is 18.2 Å². The SMILES string of the molecule is NS(=O)(=O)C1CC(=O)N(Cc2cccc(Cl)c2F)C1. The second-order valence-electron chi connectivity index (χ2n) is 4.40. The number of benzene rings is 1. The van der Waals surface area contributed by atoms with Crippen LogP contribution in [0, 0.1) is 5.82 Å². The van der Waals surface area contributed by atoms with Gasteiger partial charge in [-0.2, -0.15) is 0 Å². The molecule has 8 heteroatoms. The standard InChI is InChI=1S/C11H12ClFN2O3S/c12-9-3-1-2-7(11(9)13)5-15-6-8(4-10(15)16)19(14,17)18/h1-3,8H,4-6H2,(H2,14,17,18). The molecule has 1 atom stereocenters. The molecule has 1 saturated heterocycles. The summed E-state index contributed by atoms with van der Waals surface area (Å²) < 4.78 is 36.1. The second kappa shape index (κ2) is 5.07. The largest absolute Gasteiger partial charge is 0.337 e. The van der Waals surface area contributed by atoms with Crippen molar-refractivity contribution in [1.29, 1.82) is 0 Å². The third-order valence-corrected chi connectivity index (χ3v) is 4.57. The van der Waals surface area contributed by atoms with E-state index < -0.39 is 21.1 Å². The Morgan fingerprint density at radius 1 is 1.47 bits per heavy atom. The molecule has 104 valence electrons. The minimum absolute atomic E-state index is 0.0166. The monoisotopic (exact) mass is 306 g/mol. The van der Waals surface area contributed by atoms with Crippen molar-refractivity contribution >= 4 is 27.5 Å². The Bertz CT molecular complexity index is 620. The van der Waals surface area contributed by atoms with E-state index in [4.69, 9.17) is 16.7 Å². The van der Waals surface area contributed by atoms with Gasteiger partial charge in [-0.1, -0.05) is 23.7 Å². The summed E-state index contributed by atoms with van der Waals surface area (Å²) in [5.74, 6) is -0.963. The van der Waals surface area contributed by atoms with Crippen LogP contribution in [0.3, 0.4) is 0 Å². The summed E-state index contributed by atoms with van der Waals surface area (Å²) in [7, 11) is -3.76. The van der Waals surface area contributed by atoms with E-state index in [1.165, 1.54) is 17.0 Å². The lowest BCUT2D eigenvalue weighted by Gasteiger charge is -2.17. The number of amides is 1. The molecule has 2 N–H and O–H groups in total. The lowest BCUT2D eigenvalue weighted by Crippen LogP contribution is -2.32. The Hall–Kier alpha value is -1.18. The number of sulfonamides is 1. The highest BCUT2D eigenvalue weighted by atomic mass is 35.5. The topological polar surface area (TPSA) is 80.5 Å². The third-order valence-electron chi connectivity index (χ3n) is 3.04. The molecule has 0 bridgehead atoms. The number of nitrogens with zero attached hydrogens (tertiary/aromatic N) is 1. The van der Waals surface area contributed by atoms with Gasteiger partial charge in [-0.3, -0.25) is 4.79 Å². The maximum atomic E-state index is 13.7. The van der Waals surface area contributed by atoms with Gasteiger partial charge in [0.1, 0.15) is 11.1 Å². The van der Waals surface area contributed by atoms with Crippen LogP contribution in [-0.4, -0.2) is 31.0 Å². The van der Waals surface area contributed by atoms with Crippen LogP contribution in [0.25, 0.3) is 0 Å². The normalized spacial score (nSPS) is 20.1. The first-order valence-corrected chi connectivity index (χ1v) is 7.50. The molecule has 1 aromatic rings. The van der Waals surface area contributed by atoms with E-state index in [1.807, 2.05) is 0 Å². The zero-order valence-corrected chi connectivity index (χ0v) is 11.4. The van der Waals surface area contributed by atoms with Gasteiger partial charge in [0.2, 0.25) is 15.9 Å². The molecule has 19 heavy (non-hydrogen) atoms. The smallest absolute Gasteiger partial charge is 0.224 e. The van der Waals surface area contributed by atoms with Crippen molar-refractivity contribution in [2.75, 3.05) is 6.54 Å². The van der Waals surface area contributed by atoms with Gasteiger partial charge in [-0.05, 0) is 6.07 Å². The van der Waals surface area contributed by atoms with Gasteiger partial charge in [-0.15, -0.1) is 0 Å². The van der Waals surface area contributed by atoms with E-state index in [0.29, 0.717) is 0 Å². The fourth-order valence-electron chi connectivity index (χ4n) is 1.99. The minimum Gasteiger partial charge on any atom is -0.337 e. The highest BCUT2D eigenvalue weighted by Crippen LogP contribution is 2.23. The summed E-state index contributed by atoms with van der Waals surface area (Å²) in [6, 6.07) is 4.47. The first kappa shape index (κ1) is 14.2. The Balaban J connectivity index is 2.17. The quantitative estimate of drug-likeness (QED) is 0.899. The molecule has 0 saturated carbocycles. The molecule has 2 rings (SSSR count). The number of carbonyl (C=O) groups excluding carboxylic acids is 1. The summed E-state index contributed by atoms with van der Waals surface area (Å²) in [6.45, 7) is -0.0408. The molecular formula is C11H12ClFN2O3S. The molecule has 1 aromatic carbocycles. The van der Waals surface area contributed by atoms with Crippen LogP contribution in [0.4, 0.5) is 4.39 Å². The van der Waals surface area contributed by atoms with Gasteiger partial charge >= 0.3 is 0 Å². The van der Waals surface area contributed by atoms with Gasteiger partial charge in [-0.25, -0.2) is 17.9 Å². The summed E-state index contributed by atoms with van der Waals surface area (Å²) in [4.78, 5) is 13.0. The van der Waals surface area contributed by atoms with E-state index in [-0.39, 0.29) is 36.0 Å². The van der Waals surface area contributed by atoms with E-state index in [2.05, 4.69) is 0 Å². The third kappa shape index (κ3) is 3.05. The van der Waals surface area contributed by atoms with Crippen molar-refractivity contribution < 1.29 is 17.6 Å². The summed E-state index contributed by atoms with van der Waals surface area (Å²) in [5.41, 5.74) is 0.246. The van der Waals surface area contributed by atoms with Crippen molar-refractivity contribution in [1.82, 2.24) is 4.90 Å². The van der Waals surface area contributed by atoms with Crippen LogP contribution < -0.4 is 5.14 Å². The average Bonchev–Trinajstić information content (AvgIpc) is 2.67. The zero-order chi connectivity index (χ0) is 14.2. The van der Waals surface area contributed by atoms with Crippen molar-refractivity contribution in [3.8, 4) is 0 Å². The first-order valence-electron chi connectivity index (χ1n) is 5.51. The van der Waals surface area contributed by atoms with Gasteiger partial charge in [0.05, 0.1) is 5.02 Å². The molecule has 1 heterocycles. The maximum Gasteiger partial charge on any atom is 0.224 e. The van der Waals surface area contributed by atoms with Gasteiger partial charge in [0.15, 0.2) is 0 Å². The molecule has 1 unspecified atom stereocenters. The molecule has 1 aliphatic rings.